The van der Waals surface area contributed by atoms with E-state index >= 15 is 0 Å². The third kappa shape index (κ3) is 7.55. The number of amides is 3. The number of ether oxygens (including phenoxy) is 1. The molecule has 2 heterocycles. The standard InChI is InChI=1S/C24H36N4O7/c1-16(26-23(33)21(31)15-17-5-6-19(29)20(30)14-17)24(34)28-8-3-2-4-18(28)22(32)25-7-9-27-10-12-35-13-11-27/h5-6,14,16,18,21,29-31H,2-4,7-13,15H2,1H3,(H,25,32)(H,26,33). The van der Waals surface area contributed by atoms with Crippen LogP contribution < -0.4 is 10.6 Å². The van der Waals surface area contributed by atoms with Gasteiger partial charge in [-0.2, -0.15) is 0 Å². The van der Waals surface area contributed by atoms with E-state index < -0.39 is 24.1 Å². The van der Waals surface area contributed by atoms with Crippen LogP contribution in [-0.2, 0) is 25.5 Å². The van der Waals surface area contributed by atoms with Gasteiger partial charge in [-0.25, -0.2) is 0 Å². The number of morpholine rings is 1. The predicted molar refractivity (Wildman–Crippen MR) is 127 cm³/mol. The average Bonchev–Trinajstić information content (AvgIpc) is 2.86. The topological polar surface area (TPSA) is 152 Å². The molecule has 0 spiro atoms. The van der Waals surface area contributed by atoms with Gasteiger partial charge in [-0.15, -0.1) is 0 Å². The van der Waals surface area contributed by atoms with E-state index in [1.54, 1.807) is 0 Å². The smallest absolute Gasteiger partial charge is 0.249 e. The van der Waals surface area contributed by atoms with E-state index in [2.05, 4.69) is 15.5 Å². The number of hydrogen-bond acceptors (Lipinski definition) is 8. The Kier molecular flexibility index (Phi) is 9.70. The average molecular weight is 493 g/mol. The molecule has 3 atom stereocenters. The summed E-state index contributed by atoms with van der Waals surface area (Å²) in [7, 11) is 0. The lowest BCUT2D eigenvalue weighted by Crippen LogP contribution is -2.58. The van der Waals surface area contributed by atoms with Gasteiger partial charge in [0.25, 0.3) is 0 Å². The van der Waals surface area contributed by atoms with Crippen molar-refractivity contribution >= 4 is 17.7 Å². The molecule has 11 nitrogen and oxygen atoms in total. The van der Waals surface area contributed by atoms with E-state index in [0.717, 1.165) is 32.5 Å². The van der Waals surface area contributed by atoms with E-state index in [1.807, 2.05) is 0 Å². The first-order valence-electron chi connectivity index (χ1n) is 12.1. The predicted octanol–water partition coefficient (Wildman–Crippen LogP) is -0.665. The molecule has 2 fully saturated rings. The molecule has 3 amide bonds. The third-order valence-corrected chi connectivity index (χ3v) is 6.42. The minimum atomic E-state index is -1.45. The fraction of sp³-hybridized carbons (Fsp3) is 0.625. The molecule has 3 rings (SSSR count). The first-order valence-corrected chi connectivity index (χ1v) is 12.1. The van der Waals surface area contributed by atoms with E-state index in [9.17, 15) is 29.7 Å². The molecule has 2 aliphatic rings. The molecule has 11 heteroatoms. The van der Waals surface area contributed by atoms with Gasteiger partial charge in [0, 0.05) is 39.1 Å². The summed E-state index contributed by atoms with van der Waals surface area (Å²) in [6.45, 7) is 6.21. The molecule has 1 aromatic carbocycles. The fourth-order valence-electron chi connectivity index (χ4n) is 4.38. The van der Waals surface area contributed by atoms with Crippen LogP contribution in [0.1, 0.15) is 31.7 Å². The Labute approximate surface area is 205 Å². The van der Waals surface area contributed by atoms with Crippen molar-refractivity contribution in [3.63, 3.8) is 0 Å². The Bertz CT molecular complexity index is 891. The minimum Gasteiger partial charge on any atom is -0.504 e. The molecular formula is C24H36N4O7. The number of nitrogens with zero attached hydrogens (tertiary/aromatic N) is 2. The second-order valence-corrected chi connectivity index (χ2v) is 9.06. The maximum absolute atomic E-state index is 13.1. The number of aliphatic hydroxyl groups excluding tert-OH is 1. The number of nitrogens with one attached hydrogen (secondary N) is 2. The highest BCUT2D eigenvalue weighted by Crippen LogP contribution is 2.25. The van der Waals surface area contributed by atoms with Crippen molar-refractivity contribution in [1.82, 2.24) is 20.4 Å². The van der Waals surface area contributed by atoms with Gasteiger partial charge in [-0.05, 0) is 43.9 Å². The van der Waals surface area contributed by atoms with Crippen molar-refractivity contribution in [2.45, 2.75) is 50.8 Å². The Morgan fingerprint density at radius 3 is 2.57 bits per heavy atom. The number of piperidine rings is 1. The number of carbonyl (C=O) groups excluding carboxylic acids is 3. The summed E-state index contributed by atoms with van der Waals surface area (Å²) in [6, 6.07) is 2.49. The lowest BCUT2D eigenvalue weighted by atomic mass is 10.00. The van der Waals surface area contributed by atoms with Crippen LogP contribution in [0.25, 0.3) is 0 Å². The van der Waals surface area contributed by atoms with Gasteiger partial charge in [-0.1, -0.05) is 6.07 Å². The number of phenolic OH excluding ortho intramolecular Hbond substituents is 2. The molecule has 194 valence electrons. The van der Waals surface area contributed by atoms with Crippen molar-refractivity contribution in [3.05, 3.63) is 23.8 Å². The minimum absolute atomic E-state index is 0.0987. The van der Waals surface area contributed by atoms with Crippen LogP contribution in [0.15, 0.2) is 18.2 Å². The highest BCUT2D eigenvalue weighted by molar-refractivity contribution is 5.92. The zero-order chi connectivity index (χ0) is 25.4. The molecule has 0 bridgehead atoms. The Balaban J connectivity index is 1.50. The lowest BCUT2D eigenvalue weighted by molar-refractivity contribution is -0.145. The summed E-state index contributed by atoms with van der Waals surface area (Å²) in [6.07, 6.45) is 0.623. The molecule has 3 unspecified atom stereocenters. The van der Waals surface area contributed by atoms with Crippen LogP contribution >= 0.6 is 0 Å². The third-order valence-electron chi connectivity index (χ3n) is 6.42. The number of aromatic hydroxyl groups is 2. The molecule has 1 aromatic rings. The van der Waals surface area contributed by atoms with Gasteiger partial charge in [0.1, 0.15) is 18.2 Å². The number of aliphatic hydroxyl groups is 1. The molecule has 2 aliphatic heterocycles. The molecule has 5 N–H and O–H groups in total. The molecule has 2 saturated heterocycles. The number of hydrogen-bond donors (Lipinski definition) is 5. The summed E-state index contributed by atoms with van der Waals surface area (Å²) < 4.78 is 5.33. The number of carbonyl (C=O) groups is 3. The Hall–Kier alpha value is -2.89. The zero-order valence-corrected chi connectivity index (χ0v) is 20.1. The summed E-state index contributed by atoms with van der Waals surface area (Å²) in [5.74, 6) is -1.95. The summed E-state index contributed by atoms with van der Waals surface area (Å²) in [4.78, 5) is 42.2. The molecular weight excluding hydrogens is 456 g/mol. The second-order valence-electron chi connectivity index (χ2n) is 9.06. The highest BCUT2D eigenvalue weighted by Gasteiger charge is 2.35. The van der Waals surface area contributed by atoms with Gasteiger partial charge in [0.15, 0.2) is 11.5 Å². The Morgan fingerprint density at radius 1 is 1.11 bits per heavy atom. The Morgan fingerprint density at radius 2 is 1.86 bits per heavy atom. The van der Waals surface area contributed by atoms with Crippen LogP contribution in [-0.4, -0.2) is 107 Å². The normalized spacial score (nSPS) is 20.6. The molecule has 0 radical (unpaired) electrons. The van der Waals surface area contributed by atoms with Crippen molar-refractivity contribution in [2.24, 2.45) is 0 Å². The number of phenols is 2. The van der Waals surface area contributed by atoms with Crippen LogP contribution in [0, 0.1) is 0 Å². The van der Waals surface area contributed by atoms with Crippen molar-refractivity contribution in [2.75, 3.05) is 45.9 Å². The van der Waals surface area contributed by atoms with Crippen LogP contribution in [0.2, 0.25) is 0 Å². The van der Waals surface area contributed by atoms with E-state index in [0.29, 0.717) is 38.3 Å². The van der Waals surface area contributed by atoms with Crippen molar-refractivity contribution in [1.29, 1.82) is 0 Å². The van der Waals surface area contributed by atoms with Gasteiger partial charge >= 0.3 is 0 Å². The van der Waals surface area contributed by atoms with E-state index in [4.69, 9.17) is 4.74 Å². The first-order chi connectivity index (χ1) is 16.8. The second kappa shape index (κ2) is 12.7. The van der Waals surface area contributed by atoms with Gasteiger partial charge in [0.05, 0.1) is 13.2 Å². The quantitative estimate of drug-likeness (QED) is 0.285. The van der Waals surface area contributed by atoms with Crippen LogP contribution in [0.5, 0.6) is 11.5 Å². The van der Waals surface area contributed by atoms with Crippen molar-refractivity contribution < 1.29 is 34.4 Å². The summed E-state index contributed by atoms with van der Waals surface area (Å²) in [5, 5.41) is 34.7. The maximum Gasteiger partial charge on any atom is 0.249 e. The SMILES string of the molecule is CC(NC(=O)C(O)Cc1ccc(O)c(O)c1)C(=O)N1CCCCC1C(=O)NCCN1CCOCC1. The van der Waals surface area contributed by atoms with Crippen LogP contribution in [0.3, 0.4) is 0 Å². The number of benzene rings is 1. The van der Waals surface area contributed by atoms with Gasteiger partial charge in [-0.3, -0.25) is 19.3 Å². The summed E-state index contributed by atoms with van der Waals surface area (Å²) >= 11 is 0. The molecule has 0 aliphatic carbocycles. The maximum atomic E-state index is 13.1. The first kappa shape index (κ1) is 26.7. The molecule has 0 saturated carbocycles. The zero-order valence-electron chi connectivity index (χ0n) is 20.1. The van der Waals surface area contributed by atoms with Crippen LogP contribution in [0.4, 0.5) is 0 Å². The van der Waals surface area contributed by atoms with Crippen molar-refractivity contribution in [3.8, 4) is 11.5 Å². The highest BCUT2D eigenvalue weighted by atomic mass is 16.5. The molecule has 35 heavy (non-hydrogen) atoms. The number of rotatable bonds is 9. The van der Waals surface area contributed by atoms with Gasteiger partial charge in [0.2, 0.25) is 17.7 Å². The fourth-order valence-corrected chi connectivity index (χ4v) is 4.38. The monoisotopic (exact) mass is 492 g/mol. The largest absolute Gasteiger partial charge is 0.504 e. The van der Waals surface area contributed by atoms with E-state index in [-0.39, 0.29) is 29.7 Å². The van der Waals surface area contributed by atoms with E-state index in [1.165, 1.54) is 30.0 Å². The van der Waals surface area contributed by atoms with Gasteiger partial charge < -0.3 is 35.6 Å². The number of likely N-dealkylation sites (tertiary alicyclic amines) is 1. The lowest BCUT2D eigenvalue weighted by Gasteiger charge is -2.36. The summed E-state index contributed by atoms with van der Waals surface area (Å²) in [5.41, 5.74) is 0.451. The molecule has 0 aromatic heterocycles.